The Labute approximate surface area is 87.7 Å². The lowest BCUT2D eigenvalue weighted by atomic mass is 10.3. The lowest BCUT2D eigenvalue weighted by molar-refractivity contribution is -0.121. The van der Waals surface area contributed by atoms with Crippen molar-refractivity contribution in [2.75, 3.05) is 6.54 Å². The van der Waals surface area contributed by atoms with Gasteiger partial charge in [-0.1, -0.05) is 5.16 Å². The van der Waals surface area contributed by atoms with Crippen molar-refractivity contribution in [1.82, 2.24) is 15.5 Å². The van der Waals surface area contributed by atoms with Crippen LogP contribution in [-0.2, 0) is 11.2 Å². The minimum Gasteiger partial charge on any atom is -0.392 e. The second kappa shape index (κ2) is 5.45. The smallest absolute Gasteiger partial charge is 0.227 e. The van der Waals surface area contributed by atoms with Crippen LogP contribution in [-0.4, -0.2) is 33.8 Å². The van der Waals surface area contributed by atoms with E-state index >= 15 is 0 Å². The van der Waals surface area contributed by atoms with Crippen LogP contribution in [0.25, 0.3) is 0 Å². The number of nitrogens with zero attached hydrogens (tertiary/aromatic N) is 2. The van der Waals surface area contributed by atoms with Crippen LogP contribution in [0.3, 0.4) is 0 Å². The molecular formula is C9H15N3O3. The second-order valence-corrected chi connectivity index (χ2v) is 3.39. The first-order chi connectivity index (χ1) is 7.08. The van der Waals surface area contributed by atoms with E-state index in [0.717, 1.165) is 0 Å². The Balaban J connectivity index is 2.22. The van der Waals surface area contributed by atoms with E-state index in [1.54, 1.807) is 13.8 Å². The number of rotatable bonds is 5. The molecule has 1 amide bonds. The van der Waals surface area contributed by atoms with Gasteiger partial charge < -0.3 is 14.9 Å². The molecule has 84 valence electrons. The minimum atomic E-state index is -0.528. The average molecular weight is 213 g/mol. The maximum atomic E-state index is 11.2. The lowest BCUT2D eigenvalue weighted by Gasteiger charge is -2.05. The Kier molecular flexibility index (Phi) is 4.23. The molecule has 0 aliphatic carbocycles. The normalized spacial score (nSPS) is 12.5. The van der Waals surface area contributed by atoms with Gasteiger partial charge in [-0.3, -0.25) is 4.79 Å². The number of aliphatic hydroxyl groups excluding tert-OH is 1. The first-order valence-corrected chi connectivity index (χ1v) is 4.82. The zero-order valence-electron chi connectivity index (χ0n) is 8.86. The Morgan fingerprint density at radius 2 is 2.40 bits per heavy atom. The van der Waals surface area contributed by atoms with Gasteiger partial charge in [-0.2, -0.15) is 4.98 Å². The molecule has 2 N–H and O–H groups in total. The van der Waals surface area contributed by atoms with Gasteiger partial charge in [0.05, 0.1) is 6.10 Å². The van der Waals surface area contributed by atoms with E-state index in [0.29, 0.717) is 18.1 Å². The Hall–Kier alpha value is -1.43. The minimum absolute atomic E-state index is 0.133. The first-order valence-electron chi connectivity index (χ1n) is 4.82. The van der Waals surface area contributed by atoms with Gasteiger partial charge in [-0.15, -0.1) is 0 Å². The molecule has 0 spiro atoms. The molecule has 0 fully saturated rings. The topological polar surface area (TPSA) is 88.2 Å². The average Bonchev–Trinajstić information content (AvgIpc) is 2.58. The highest BCUT2D eigenvalue weighted by molar-refractivity contribution is 5.75. The second-order valence-electron chi connectivity index (χ2n) is 3.39. The van der Waals surface area contributed by atoms with Crippen molar-refractivity contribution < 1.29 is 14.4 Å². The molecular weight excluding hydrogens is 198 g/mol. The molecule has 0 aromatic carbocycles. The number of carbonyl (C=O) groups is 1. The number of aryl methyl sites for hydroxylation is 2. The van der Waals surface area contributed by atoms with Crippen LogP contribution in [0.15, 0.2) is 4.52 Å². The highest BCUT2D eigenvalue weighted by Gasteiger charge is 2.07. The summed E-state index contributed by atoms with van der Waals surface area (Å²) in [6.45, 7) is 3.60. The molecule has 0 saturated carbocycles. The van der Waals surface area contributed by atoms with Gasteiger partial charge in [-0.05, 0) is 13.8 Å². The molecule has 1 heterocycles. The molecule has 1 aromatic rings. The lowest BCUT2D eigenvalue weighted by Crippen LogP contribution is -2.30. The molecule has 1 atom stereocenters. The van der Waals surface area contributed by atoms with Gasteiger partial charge in [0.15, 0.2) is 5.82 Å². The maximum Gasteiger partial charge on any atom is 0.227 e. The molecule has 0 radical (unpaired) electrons. The summed E-state index contributed by atoms with van der Waals surface area (Å²) in [5.74, 6) is 0.890. The van der Waals surface area contributed by atoms with Crippen molar-refractivity contribution in [2.24, 2.45) is 0 Å². The largest absolute Gasteiger partial charge is 0.392 e. The van der Waals surface area contributed by atoms with Crippen molar-refractivity contribution in [2.45, 2.75) is 32.8 Å². The number of aromatic nitrogens is 2. The SMILES string of the molecule is Cc1noc(CCC(=O)NC[C@@H](C)O)n1. The third kappa shape index (κ3) is 4.55. The molecule has 1 aromatic heterocycles. The van der Waals surface area contributed by atoms with Crippen LogP contribution in [0.2, 0.25) is 0 Å². The van der Waals surface area contributed by atoms with Gasteiger partial charge in [0, 0.05) is 19.4 Å². The summed E-state index contributed by atoms with van der Waals surface area (Å²) in [6, 6.07) is 0. The Bertz CT molecular complexity index is 322. The summed E-state index contributed by atoms with van der Waals surface area (Å²) >= 11 is 0. The number of nitrogens with one attached hydrogen (secondary N) is 1. The van der Waals surface area contributed by atoms with E-state index in [1.807, 2.05) is 0 Å². The summed E-state index contributed by atoms with van der Waals surface area (Å²) < 4.78 is 4.85. The fourth-order valence-electron chi connectivity index (χ4n) is 1.01. The van der Waals surface area contributed by atoms with Gasteiger partial charge in [0.25, 0.3) is 0 Å². The van der Waals surface area contributed by atoms with E-state index < -0.39 is 6.10 Å². The van der Waals surface area contributed by atoms with Crippen molar-refractivity contribution >= 4 is 5.91 Å². The Morgan fingerprint density at radius 3 is 2.93 bits per heavy atom. The van der Waals surface area contributed by atoms with E-state index in [4.69, 9.17) is 9.63 Å². The van der Waals surface area contributed by atoms with E-state index in [-0.39, 0.29) is 18.9 Å². The van der Waals surface area contributed by atoms with Crippen molar-refractivity contribution in [3.8, 4) is 0 Å². The number of amides is 1. The molecule has 0 aliphatic rings. The quantitative estimate of drug-likeness (QED) is 0.707. The standard InChI is InChI=1S/C9H15N3O3/c1-6(13)5-10-8(14)3-4-9-11-7(2)12-15-9/h6,13H,3-5H2,1-2H3,(H,10,14)/t6-/m1/s1. The Morgan fingerprint density at radius 1 is 1.67 bits per heavy atom. The number of aliphatic hydroxyl groups is 1. The van der Waals surface area contributed by atoms with Crippen molar-refractivity contribution in [1.29, 1.82) is 0 Å². The molecule has 15 heavy (non-hydrogen) atoms. The number of carbonyl (C=O) groups excluding carboxylic acids is 1. The summed E-state index contributed by atoms with van der Waals surface area (Å²) in [7, 11) is 0. The molecule has 1 rings (SSSR count). The summed E-state index contributed by atoms with van der Waals surface area (Å²) in [4.78, 5) is 15.2. The van der Waals surface area contributed by atoms with Crippen molar-refractivity contribution in [3.05, 3.63) is 11.7 Å². The van der Waals surface area contributed by atoms with E-state index in [1.165, 1.54) is 0 Å². The number of hydrogen-bond donors (Lipinski definition) is 2. The van der Waals surface area contributed by atoms with Gasteiger partial charge in [0.2, 0.25) is 11.8 Å². The molecule has 0 bridgehead atoms. The van der Waals surface area contributed by atoms with Crippen molar-refractivity contribution in [3.63, 3.8) is 0 Å². The zero-order chi connectivity index (χ0) is 11.3. The van der Waals surface area contributed by atoms with Gasteiger partial charge in [0.1, 0.15) is 0 Å². The highest BCUT2D eigenvalue weighted by Crippen LogP contribution is 1.99. The van der Waals surface area contributed by atoms with Gasteiger partial charge >= 0.3 is 0 Å². The van der Waals surface area contributed by atoms with E-state index in [2.05, 4.69) is 15.5 Å². The van der Waals surface area contributed by atoms with Crippen LogP contribution >= 0.6 is 0 Å². The van der Waals surface area contributed by atoms with Crippen LogP contribution in [0, 0.1) is 6.92 Å². The van der Waals surface area contributed by atoms with Crippen LogP contribution < -0.4 is 5.32 Å². The summed E-state index contributed by atoms with van der Waals surface area (Å²) in [5.41, 5.74) is 0. The molecule has 0 unspecified atom stereocenters. The monoisotopic (exact) mass is 213 g/mol. The van der Waals surface area contributed by atoms with Crippen LogP contribution in [0.1, 0.15) is 25.1 Å². The molecule has 0 saturated heterocycles. The zero-order valence-corrected chi connectivity index (χ0v) is 8.86. The first kappa shape index (κ1) is 11.6. The van der Waals surface area contributed by atoms with Crippen LogP contribution in [0.4, 0.5) is 0 Å². The molecule has 0 aliphatic heterocycles. The third-order valence-corrected chi connectivity index (χ3v) is 1.73. The fourth-order valence-corrected chi connectivity index (χ4v) is 1.01. The van der Waals surface area contributed by atoms with Crippen LogP contribution in [0.5, 0.6) is 0 Å². The predicted molar refractivity (Wildman–Crippen MR) is 52.0 cm³/mol. The summed E-state index contributed by atoms with van der Waals surface area (Å²) in [5, 5.41) is 15.1. The van der Waals surface area contributed by atoms with E-state index in [9.17, 15) is 4.79 Å². The maximum absolute atomic E-state index is 11.2. The highest BCUT2D eigenvalue weighted by atomic mass is 16.5. The molecule has 6 heteroatoms. The van der Waals surface area contributed by atoms with Gasteiger partial charge in [-0.25, -0.2) is 0 Å². The third-order valence-electron chi connectivity index (χ3n) is 1.73. The number of hydrogen-bond acceptors (Lipinski definition) is 5. The molecule has 6 nitrogen and oxygen atoms in total. The fraction of sp³-hybridized carbons (Fsp3) is 0.667. The summed E-state index contributed by atoms with van der Waals surface area (Å²) in [6.07, 6.45) is 0.181. The predicted octanol–water partition coefficient (Wildman–Crippen LogP) is -0.192.